The number of aromatic nitrogens is 2. The Balaban J connectivity index is 1.85. The average molecular weight is 388 g/mol. The van der Waals surface area contributed by atoms with Crippen LogP contribution in [0.5, 0.6) is 11.5 Å². The van der Waals surface area contributed by atoms with Gasteiger partial charge in [0, 0.05) is 0 Å². The summed E-state index contributed by atoms with van der Waals surface area (Å²) in [6.45, 7) is 0. The molecule has 0 fully saturated rings. The predicted octanol–water partition coefficient (Wildman–Crippen LogP) is 4.41. The summed E-state index contributed by atoms with van der Waals surface area (Å²) in [5, 5.41) is 5.29. The molecule has 0 bridgehead atoms. The summed E-state index contributed by atoms with van der Waals surface area (Å²) in [5.74, 6) is 0.729. The Hall–Kier alpha value is -4.00. The number of rotatable bonds is 4. The molecule has 0 radical (unpaired) electrons. The number of benzene rings is 2. The Labute approximate surface area is 164 Å². The molecule has 0 aliphatic carbocycles. The Morgan fingerprint density at radius 1 is 0.931 bits per heavy atom. The van der Waals surface area contributed by atoms with Crippen LogP contribution in [0.2, 0.25) is 0 Å². The zero-order chi connectivity index (χ0) is 20.0. The highest BCUT2D eigenvalue weighted by Crippen LogP contribution is 2.42. The lowest BCUT2D eigenvalue weighted by atomic mass is 10.1. The van der Waals surface area contributed by atoms with Crippen molar-refractivity contribution in [2.75, 3.05) is 14.2 Å². The zero-order valence-corrected chi connectivity index (χ0v) is 15.7. The molecule has 3 aromatic heterocycles. The van der Waals surface area contributed by atoms with E-state index in [-0.39, 0.29) is 16.4 Å². The maximum atomic E-state index is 13.6. The normalized spacial score (nSPS) is 11.2. The summed E-state index contributed by atoms with van der Waals surface area (Å²) in [5.41, 5.74) is 2.29. The number of ether oxygens (including phenoxy) is 2. The number of methoxy groups -OCH3 is 2. The molecule has 144 valence electrons. The summed E-state index contributed by atoms with van der Waals surface area (Å²) < 4.78 is 24.1. The molecule has 7 nitrogen and oxygen atoms in total. The first kappa shape index (κ1) is 17.1. The second kappa shape index (κ2) is 6.56. The van der Waals surface area contributed by atoms with Crippen LogP contribution < -0.4 is 14.9 Å². The van der Waals surface area contributed by atoms with Gasteiger partial charge in [-0.1, -0.05) is 18.2 Å². The SMILES string of the molecule is COc1c2occc2c(OC)c2c(=O)c(-c3ccnn3-c3ccccc3)coc12. The van der Waals surface area contributed by atoms with Gasteiger partial charge >= 0.3 is 0 Å². The monoisotopic (exact) mass is 388 g/mol. The lowest BCUT2D eigenvalue weighted by Crippen LogP contribution is -2.10. The summed E-state index contributed by atoms with van der Waals surface area (Å²) in [6, 6.07) is 13.1. The van der Waals surface area contributed by atoms with E-state index >= 15 is 0 Å². The van der Waals surface area contributed by atoms with Gasteiger partial charge in [-0.05, 0) is 24.3 Å². The molecule has 5 aromatic rings. The second-order valence-corrected chi connectivity index (χ2v) is 6.38. The van der Waals surface area contributed by atoms with Gasteiger partial charge in [0.25, 0.3) is 0 Å². The van der Waals surface area contributed by atoms with Crippen molar-refractivity contribution in [3.8, 4) is 28.4 Å². The van der Waals surface area contributed by atoms with Crippen LogP contribution in [0, 0.1) is 0 Å². The van der Waals surface area contributed by atoms with Gasteiger partial charge in [-0.3, -0.25) is 4.79 Å². The van der Waals surface area contributed by atoms with E-state index in [1.165, 1.54) is 26.7 Å². The van der Waals surface area contributed by atoms with E-state index in [0.29, 0.717) is 33.7 Å². The molecule has 0 unspecified atom stereocenters. The van der Waals surface area contributed by atoms with E-state index in [0.717, 1.165) is 5.69 Å². The highest BCUT2D eigenvalue weighted by Gasteiger charge is 2.24. The van der Waals surface area contributed by atoms with Crippen LogP contribution in [-0.4, -0.2) is 24.0 Å². The van der Waals surface area contributed by atoms with Gasteiger partial charge in [0.15, 0.2) is 11.2 Å². The molecule has 0 amide bonds. The third-order valence-electron chi connectivity index (χ3n) is 4.87. The van der Waals surface area contributed by atoms with E-state index < -0.39 is 0 Å². The highest BCUT2D eigenvalue weighted by molar-refractivity contribution is 6.07. The number of fused-ring (bicyclic) bond motifs is 2. The van der Waals surface area contributed by atoms with Gasteiger partial charge in [0.2, 0.25) is 11.2 Å². The van der Waals surface area contributed by atoms with Crippen LogP contribution in [-0.2, 0) is 0 Å². The van der Waals surface area contributed by atoms with Crippen molar-refractivity contribution in [3.05, 3.63) is 71.4 Å². The van der Waals surface area contributed by atoms with Gasteiger partial charge in [0.05, 0.1) is 49.0 Å². The third-order valence-corrected chi connectivity index (χ3v) is 4.87. The molecule has 0 saturated heterocycles. The van der Waals surface area contributed by atoms with E-state index in [1.807, 2.05) is 30.3 Å². The summed E-state index contributed by atoms with van der Waals surface area (Å²) >= 11 is 0. The van der Waals surface area contributed by atoms with E-state index in [9.17, 15) is 4.79 Å². The highest BCUT2D eigenvalue weighted by atomic mass is 16.5. The van der Waals surface area contributed by atoms with E-state index in [2.05, 4.69) is 5.10 Å². The summed E-state index contributed by atoms with van der Waals surface area (Å²) in [6.07, 6.45) is 4.57. The van der Waals surface area contributed by atoms with Crippen LogP contribution >= 0.6 is 0 Å². The molecule has 0 saturated carbocycles. The predicted molar refractivity (Wildman–Crippen MR) is 108 cm³/mol. The minimum atomic E-state index is -0.248. The number of para-hydroxylation sites is 1. The molecule has 7 heteroatoms. The van der Waals surface area contributed by atoms with Gasteiger partial charge in [-0.2, -0.15) is 5.10 Å². The molecule has 0 spiro atoms. The van der Waals surface area contributed by atoms with Crippen molar-refractivity contribution in [2.24, 2.45) is 0 Å². The summed E-state index contributed by atoms with van der Waals surface area (Å²) in [7, 11) is 3.01. The molecule has 0 aliphatic heterocycles. The smallest absolute Gasteiger partial charge is 0.206 e. The first-order valence-corrected chi connectivity index (χ1v) is 8.91. The lowest BCUT2D eigenvalue weighted by Gasteiger charge is -2.12. The quantitative estimate of drug-likeness (QED) is 0.454. The van der Waals surface area contributed by atoms with Crippen molar-refractivity contribution >= 4 is 21.9 Å². The third kappa shape index (κ3) is 2.44. The fourth-order valence-corrected chi connectivity index (χ4v) is 3.60. The van der Waals surface area contributed by atoms with Crippen molar-refractivity contribution < 1.29 is 18.3 Å². The molecule has 3 heterocycles. The molecular formula is C22H16N2O5. The van der Waals surface area contributed by atoms with E-state index in [4.69, 9.17) is 18.3 Å². The van der Waals surface area contributed by atoms with Gasteiger partial charge in [-0.25, -0.2) is 4.68 Å². The largest absolute Gasteiger partial charge is 0.495 e. The molecule has 29 heavy (non-hydrogen) atoms. The van der Waals surface area contributed by atoms with Crippen molar-refractivity contribution in [2.45, 2.75) is 0 Å². The van der Waals surface area contributed by atoms with Crippen LogP contribution in [0.1, 0.15) is 0 Å². The minimum Gasteiger partial charge on any atom is -0.495 e. The molecule has 0 atom stereocenters. The van der Waals surface area contributed by atoms with Crippen molar-refractivity contribution in [3.63, 3.8) is 0 Å². The first-order valence-electron chi connectivity index (χ1n) is 8.91. The van der Waals surface area contributed by atoms with Crippen molar-refractivity contribution in [1.82, 2.24) is 9.78 Å². The molecule has 5 rings (SSSR count). The topological polar surface area (TPSA) is 79.6 Å². The fourth-order valence-electron chi connectivity index (χ4n) is 3.60. The summed E-state index contributed by atoms with van der Waals surface area (Å²) in [4.78, 5) is 13.6. The van der Waals surface area contributed by atoms with Crippen LogP contribution in [0.15, 0.2) is 74.8 Å². The maximum Gasteiger partial charge on any atom is 0.206 e. The number of hydrogen-bond donors (Lipinski definition) is 0. The van der Waals surface area contributed by atoms with Gasteiger partial charge < -0.3 is 18.3 Å². The van der Waals surface area contributed by atoms with Crippen LogP contribution in [0.4, 0.5) is 0 Å². The molecule has 0 N–H and O–H groups in total. The van der Waals surface area contributed by atoms with Crippen molar-refractivity contribution in [1.29, 1.82) is 0 Å². The van der Waals surface area contributed by atoms with Gasteiger partial charge in [-0.15, -0.1) is 0 Å². The Bertz CT molecular complexity index is 1400. The van der Waals surface area contributed by atoms with Crippen LogP contribution in [0.3, 0.4) is 0 Å². The van der Waals surface area contributed by atoms with E-state index in [1.54, 1.807) is 23.0 Å². The molecule has 2 aromatic carbocycles. The standard InChI is InChI=1S/C22H16N2O5/c1-26-19-14-9-11-28-20(14)22(27-2)21-17(19)18(25)15(12-29-21)16-8-10-23-24(16)13-6-4-3-5-7-13/h3-12H,1-2H3. The number of nitrogens with zero attached hydrogens (tertiary/aromatic N) is 2. The molecular weight excluding hydrogens is 372 g/mol. The Morgan fingerprint density at radius 3 is 2.48 bits per heavy atom. The number of furan rings is 1. The Morgan fingerprint density at radius 2 is 1.72 bits per heavy atom. The number of hydrogen-bond acceptors (Lipinski definition) is 6. The lowest BCUT2D eigenvalue weighted by molar-refractivity contribution is 0.400. The fraction of sp³-hybridized carbons (Fsp3) is 0.0909. The Kier molecular flexibility index (Phi) is 3.87. The van der Waals surface area contributed by atoms with Crippen LogP contribution in [0.25, 0.3) is 38.9 Å². The first-order chi connectivity index (χ1) is 14.2. The second-order valence-electron chi connectivity index (χ2n) is 6.38. The maximum absolute atomic E-state index is 13.6. The molecule has 0 aliphatic rings. The minimum absolute atomic E-state index is 0.248. The zero-order valence-electron chi connectivity index (χ0n) is 15.7. The average Bonchev–Trinajstić information content (AvgIpc) is 3.43. The van der Waals surface area contributed by atoms with Gasteiger partial charge in [0.1, 0.15) is 17.4 Å².